The fourth-order valence-electron chi connectivity index (χ4n) is 1.32. The molecule has 1 nitrogen and oxygen atoms in total. The summed E-state index contributed by atoms with van der Waals surface area (Å²) in [6.45, 7) is 0.234. The lowest BCUT2D eigenvalue weighted by Gasteiger charge is -2.02. The topological polar surface area (TPSA) is 26.0 Å². The van der Waals surface area contributed by atoms with E-state index in [0.717, 1.165) is 5.57 Å². The zero-order valence-corrected chi connectivity index (χ0v) is 8.55. The highest BCUT2D eigenvalue weighted by Crippen LogP contribution is 2.17. The van der Waals surface area contributed by atoms with Crippen LogP contribution in [0.15, 0.2) is 47.6 Å². The quantitative estimate of drug-likeness (QED) is 0.758. The van der Waals surface area contributed by atoms with Gasteiger partial charge >= 0.3 is 0 Å². The smallest absolute Gasteiger partial charge is 0.104 e. The van der Waals surface area contributed by atoms with Crippen molar-refractivity contribution in [2.24, 2.45) is 5.73 Å². The van der Waals surface area contributed by atoms with E-state index in [1.54, 1.807) is 12.2 Å². The summed E-state index contributed by atoms with van der Waals surface area (Å²) in [5.41, 5.74) is 6.91. The van der Waals surface area contributed by atoms with E-state index in [9.17, 15) is 8.78 Å². The number of halogens is 2. The lowest BCUT2D eigenvalue weighted by Crippen LogP contribution is -2.02. The Bertz CT molecular complexity index is 325. The first-order valence-electron chi connectivity index (χ1n) is 4.96. The number of hydrogen-bond donors (Lipinski definition) is 1. The van der Waals surface area contributed by atoms with Crippen LogP contribution in [0.5, 0.6) is 0 Å². The molecular weight excluding hydrogens is 196 g/mol. The Morgan fingerprint density at radius 1 is 1.47 bits per heavy atom. The Labute approximate surface area is 88.7 Å². The van der Waals surface area contributed by atoms with Gasteiger partial charge in [-0.1, -0.05) is 18.2 Å². The molecule has 0 aromatic heterocycles. The van der Waals surface area contributed by atoms with Crippen molar-refractivity contribution in [1.29, 1.82) is 0 Å². The Hall–Kier alpha value is -1.22. The summed E-state index contributed by atoms with van der Waals surface area (Å²) in [5.74, 6) is -0.152. The molecule has 3 heteroatoms. The van der Waals surface area contributed by atoms with Gasteiger partial charge in [-0.2, -0.15) is 0 Å². The Kier molecular flexibility index (Phi) is 4.98. The minimum absolute atomic E-state index is 0.152. The van der Waals surface area contributed by atoms with E-state index in [-0.39, 0.29) is 12.4 Å². The SMILES string of the molecule is NC/C(=C/F)CCC1=CC=C(F)CC=C1. The summed E-state index contributed by atoms with van der Waals surface area (Å²) in [6, 6.07) is 0. The molecule has 0 aromatic rings. The largest absolute Gasteiger partial charge is 0.327 e. The van der Waals surface area contributed by atoms with Crippen LogP contribution >= 0.6 is 0 Å². The second-order valence-electron chi connectivity index (χ2n) is 3.43. The van der Waals surface area contributed by atoms with Crippen molar-refractivity contribution in [2.75, 3.05) is 6.54 Å². The monoisotopic (exact) mass is 211 g/mol. The zero-order valence-electron chi connectivity index (χ0n) is 8.55. The van der Waals surface area contributed by atoms with E-state index < -0.39 is 0 Å². The molecule has 0 aliphatic heterocycles. The van der Waals surface area contributed by atoms with Crippen LogP contribution in [0.2, 0.25) is 0 Å². The third-order valence-electron chi connectivity index (χ3n) is 2.27. The normalized spacial score (nSPS) is 17.1. The van der Waals surface area contributed by atoms with Crippen molar-refractivity contribution in [3.63, 3.8) is 0 Å². The third-order valence-corrected chi connectivity index (χ3v) is 2.27. The molecular formula is C12H15F2N. The molecule has 0 saturated heterocycles. The summed E-state index contributed by atoms with van der Waals surface area (Å²) in [6.07, 6.45) is 8.98. The van der Waals surface area contributed by atoms with Gasteiger partial charge in [0.15, 0.2) is 0 Å². The minimum Gasteiger partial charge on any atom is -0.327 e. The van der Waals surface area contributed by atoms with Gasteiger partial charge in [0.05, 0.1) is 6.33 Å². The van der Waals surface area contributed by atoms with E-state index in [0.29, 0.717) is 31.2 Å². The predicted molar refractivity (Wildman–Crippen MR) is 58.5 cm³/mol. The van der Waals surface area contributed by atoms with Gasteiger partial charge in [0.2, 0.25) is 0 Å². The summed E-state index contributed by atoms with van der Waals surface area (Å²) in [7, 11) is 0. The second-order valence-corrected chi connectivity index (χ2v) is 3.43. The number of nitrogens with two attached hydrogens (primary N) is 1. The lowest BCUT2D eigenvalue weighted by molar-refractivity contribution is 0.618. The molecule has 0 unspecified atom stereocenters. The summed E-state index contributed by atoms with van der Waals surface area (Å²) >= 11 is 0. The fraction of sp³-hybridized carbons (Fsp3) is 0.333. The van der Waals surface area contributed by atoms with Gasteiger partial charge in [0, 0.05) is 13.0 Å². The second kappa shape index (κ2) is 6.30. The van der Waals surface area contributed by atoms with Gasteiger partial charge in [-0.05, 0) is 30.1 Å². The van der Waals surface area contributed by atoms with E-state index in [1.165, 1.54) is 6.08 Å². The first-order valence-corrected chi connectivity index (χ1v) is 4.96. The van der Waals surface area contributed by atoms with Crippen LogP contribution in [-0.2, 0) is 0 Å². The van der Waals surface area contributed by atoms with E-state index in [4.69, 9.17) is 5.73 Å². The van der Waals surface area contributed by atoms with Gasteiger partial charge < -0.3 is 5.73 Å². The third kappa shape index (κ3) is 4.21. The van der Waals surface area contributed by atoms with Crippen molar-refractivity contribution >= 4 is 0 Å². The maximum absolute atomic E-state index is 12.8. The highest BCUT2D eigenvalue weighted by Gasteiger charge is 2.00. The van der Waals surface area contributed by atoms with E-state index in [1.807, 2.05) is 6.08 Å². The maximum atomic E-state index is 12.8. The summed E-state index contributed by atoms with van der Waals surface area (Å²) in [4.78, 5) is 0. The van der Waals surface area contributed by atoms with E-state index in [2.05, 4.69) is 0 Å². The van der Waals surface area contributed by atoms with Crippen LogP contribution in [0.3, 0.4) is 0 Å². The molecule has 2 N–H and O–H groups in total. The Morgan fingerprint density at radius 2 is 2.27 bits per heavy atom. The van der Waals surface area contributed by atoms with Gasteiger partial charge in [0.1, 0.15) is 5.83 Å². The molecule has 15 heavy (non-hydrogen) atoms. The van der Waals surface area contributed by atoms with Crippen LogP contribution in [0.25, 0.3) is 0 Å². The number of rotatable bonds is 4. The van der Waals surface area contributed by atoms with Gasteiger partial charge in [-0.3, -0.25) is 0 Å². The lowest BCUT2D eigenvalue weighted by atomic mass is 10.1. The molecule has 1 aliphatic carbocycles. The number of allylic oxidation sites excluding steroid dienone is 6. The fourth-order valence-corrected chi connectivity index (χ4v) is 1.32. The minimum atomic E-state index is -0.152. The van der Waals surface area contributed by atoms with Crippen LogP contribution in [0.4, 0.5) is 8.78 Å². The maximum Gasteiger partial charge on any atom is 0.104 e. The van der Waals surface area contributed by atoms with Crippen molar-refractivity contribution < 1.29 is 8.78 Å². The highest BCUT2D eigenvalue weighted by molar-refractivity contribution is 5.29. The van der Waals surface area contributed by atoms with Crippen molar-refractivity contribution in [3.8, 4) is 0 Å². The van der Waals surface area contributed by atoms with Crippen LogP contribution < -0.4 is 5.73 Å². The molecule has 0 radical (unpaired) electrons. The Balaban J connectivity index is 2.52. The summed E-state index contributed by atoms with van der Waals surface area (Å²) in [5, 5.41) is 0. The van der Waals surface area contributed by atoms with Crippen LogP contribution in [0, 0.1) is 0 Å². The average Bonchev–Trinajstić information content (AvgIpc) is 2.45. The van der Waals surface area contributed by atoms with Crippen LogP contribution in [-0.4, -0.2) is 6.54 Å². The molecule has 0 bridgehead atoms. The molecule has 0 aromatic carbocycles. The Morgan fingerprint density at radius 3 is 2.93 bits per heavy atom. The molecule has 82 valence electrons. The zero-order chi connectivity index (χ0) is 11.1. The van der Waals surface area contributed by atoms with Gasteiger partial charge in [-0.25, -0.2) is 8.78 Å². The van der Waals surface area contributed by atoms with Crippen molar-refractivity contribution in [2.45, 2.75) is 19.3 Å². The molecule has 0 spiro atoms. The molecule has 0 fully saturated rings. The summed E-state index contributed by atoms with van der Waals surface area (Å²) < 4.78 is 25.0. The van der Waals surface area contributed by atoms with Gasteiger partial charge in [0.25, 0.3) is 0 Å². The van der Waals surface area contributed by atoms with Crippen LogP contribution in [0.1, 0.15) is 19.3 Å². The van der Waals surface area contributed by atoms with E-state index >= 15 is 0 Å². The molecule has 0 atom stereocenters. The molecule has 0 saturated carbocycles. The first-order chi connectivity index (χ1) is 7.26. The average molecular weight is 211 g/mol. The molecule has 0 heterocycles. The standard InChI is InChI=1S/C12H15F2N/c13-8-11(9-15)5-4-10-2-1-3-12(14)7-6-10/h1-2,6-8H,3-5,9,15H2/b11-8+. The molecule has 0 amide bonds. The first kappa shape index (κ1) is 11.9. The predicted octanol–water partition coefficient (Wildman–Crippen LogP) is 3.32. The van der Waals surface area contributed by atoms with Crippen molar-refractivity contribution in [1.82, 2.24) is 0 Å². The number of hydrogen-bond acceptors (Lipinski definition) is 1. The molecule has 1 rings (SSSR count). The van der Waals surface area contributed by atoms with Gasteiger partial charge in [-0.15, -0.1) is 0 Å². The molecule has 1 aliphatic rings. The van der Waals surface area contributed by atoms with Crippen molar-refractivity contribution in [3.05, 3.63) is 47.6 Å². The highest BCUT2D eigenvalue weighted by atomic mass is 19.1.